The molecule has 26 heavy (non-hydrogen) atoms. The predicted molar refractivity (Wildman–Crippen MR) is 105 cm³/mol. The lowest BCUT2D eigenvalue weighted by atomic mass is 10.1. The molecule has 1 aliphatic rings. The number of alkyl halides is 1. The minimum atomic E-state index is -0.445. The molecule has 0 unspecified atom stereocenters. The summed E-state index contributed by atoms with van der Waals surface area (Å²) < 4.78 is 17.4. The summed E-state index contributed by atoms with van der Waals surface area (Å²) in [4.78, 5) is 5.12. The maximum absolute atomic E-state index is 12.1. The highest BCUT2D eigenvalue weighted by Crippen LogP contribution is 2.13. The van der Waals surface area contributed by atoms with E-state index in [9.17, 15) is 4.39 Å². The van der Waals surface area contributed by atoms with E-state index < -0.39 is 6.67 Å². The molecule has 0 atom stereocenters. The number of piperazine rings is 1. The van der Waals surface area contributed by atoms with E-state index in [1.807, 2.05) is 12.1 Å². The van der Waals surface area contributed by atoms with Crippen molar-refractivity contribution in [3.05, 3.63) is 65.7 Å². The van der Waals surface area contributed by atoms with Crippen LogP contribution in [0.3, 0.4) is 0 Å². The Kier molecular flexibility index (Phi) is 7.47. The van der Waals surface area contributed by atoms with Crippen LogP contribution < -0.4 is 4.74 Å². The first-order valence-corrected chi connectivity index (χ1v) is 9.60. The van der Waals surface area contributed by atoms with E-state index in [-0.39, 0.29) is 6.61 Å². The Bertz CT molecular complexity index is 624. The van der Waals surface area contributed by atoms with Crippen LogP contribution in [-0.2, 0) is 12.8 Å². The maximum atomic E-state index is 12.1. The minimum absolute atomic E-state index is 0.133. The third kappa shape index (κ3) is 6.11. The Morgan fingerprint density at radius 2 is 1.27 bits per heavy atom. The molecular formula is C22H29FN2O. The van der Waals surface area contributed by atoms with Crippen molar-refractivity contribution in [1.29, 1.82) is 0 Å². The molecule has 0 radical (unpaired) electrons. The molecule has 2 aromatic rings. The molecule has 0 aliphatic carbocycles. The van der Waals surface area contributed by atoms with Crippen LogP contribution in [0.2, 0.25) is 0 Å². The normalized spacial score (nSPS) is 15.9. The number of benzene rings is 2. The first-order valence-electron chi connectivity index (χ1n) is 9.60. The first-order chi connectivity index (χ1) is 12.8. The van der Waals surface area contributed by atoms with Crippen LogP contribution in [0.4, 0.5) is 4.39 Å². The molecule has 0 spiro atoms. The van der Waals surface area contributed by atoms with Gasteiger partial charge in [0.05, 0.1) is 0 Å². The number of hydrogen-bond acceptors (Lipinski definition) is 3. The Morgan fingerprint density at radius 1 is 0.731 bits per heavy atom. The lowest BCUT2D eigenvalue weighted by Crippen LogP contribution is -2.47. The molecule has 0 saturated carbocycles. The number of halogens is 1. The summed E-state index contributed by atoms with van der Waals surface area (Å²) in [5.41, 5.74) is 2.73. The van der Waals surface area contributed by atoms with E-state index in [2.05, 4.69) is 52.3 Å². The van der Waals surface area contributed by atoms with E-state index in [0.717, 1.165) is 57.9 Å². The third-order valence-corrected chi connectivity index (χ3v) is 5.01. The highest BCUT2D eigenvalue weighted by Gasteiger charge is 2.16. The van der Waals surface area contributed by atoms with Crippen LogP contribution in [0.1, 0.15) is 11.1 Å². The largest absolute Gasteiger partial charge is 0.491 e. The van der Waals surface area contributed by atoms with Crippen LogP contribution in [0.5, 0.6) is 5.75 Å². The highest BCUT2D eigenvalue weighted by atomic mass is 19.1. The van der Waals surface area contributed by atoms with Gasteiger partial charge in [-0.25, -0.2) is 4.39 Å². The number of rotatable bonds is 9. The topological polar surface area (TPSA) is 15.7 Å². The molecule has 1 fully saturated rings. The maximum Gasteiger partial charge on any atom is 0.123 e. The molecule has 1 saturated heterocycles. The summed E-state index contributed by atoms with van der Waals surface area (Å²) in [5.74, 6) is 0.749. The Hall–Kier alpha value is -1.91. The quantitative estimate of drug-likeness (QED) is 0.685. The van der Waals surface area contributed by atoms with Crippen LogP contribution >= 0.6 is 0 Å². The molecule has 0 aromatic heterocycles. The van der Waals surface area contributed by atoms with E-state index in [4.69, 9.17) is 4.74 Å². The van der Waals surface area contributed by atoms with E-state index in [0.29, 0.717) is 0 Å². The van der Waals surface area contributed by atoms with Gasteiger partial charge >= 0.3 is 0 Å². The molecular weight excluding hydrogens is 327 g/mol. The SMILES string of the molecule is FCCOc1ccc(CCN2CCN(CCc3ccccc3)CC2)cc1. The molecule has 3 rings (SSSR count). The fraction of sp³-hybridized carbons (Fsp3) is 0.455. The zero-order valence-electron chi connectivity index (χ0n) is 15.4. The van der Waals surface area contributed by atoms with Gasteiger partial charge in [-0.05, 0) is 36.1 Å². The zero-order valence-corrected chi connectivity index (χ0v) is 15.4. The molecule has 0 bridgehead atoms. The highest BCUT2D eigenvalue weighted by molar-refractivity contribution is 5.27. The summed E-state index contributed by atoms with van der Waals surface area (Å²) >= 11 is 0. The summed E-state index contributed by atoms with van der Waals surface area (Å²) in [6.07, 6.45) is 2.19. The van der Waals surface area contributed by atoms with Crippen molar-refractivity contribution >= 4 is 0 Å². The summed E-state index contributed by atoms with van der Waals surface area (Å²) in [6.45, 7) is 6.53. The Balaban J connectivity index is 1.33. The van der Waals surface area contributed by atoms with Gasteiger partial charge in [0.1, 0.15) is 19.0 Å². The second kappa shape index (κ2) is 10.3. The second-order valence-electron chi connectivity index (χ2n) is 6.85. The van der Waals surface area contributed by atoms with Crippen LogP contribution in [0.15, 0.2) is 54.6 Å². The van der Waals surface area contributed by atoms with Crippen molar-refractivity contribution in [2.75, 3.05) is 52.6 Å². The van der Waals surface area contributed by atoms with E-state index in [1.165, 1.54) is 11.1 Å². The molecule has 1 heterocycles. The van der Waals surface area contributed by atoms with Crippen molar-refractivity contribution in [3.63, 3.8) is 0 Å². The van der Waals surface area contributed by atoms with E-state index >= 15 is 0 Å². The van der Waals surface area contributed by atoms with Crippen LogP contribution in [0, 0.1) is 0 Å². The number of ether oxygens (including phenoxy) is 1. The van der Waals surface area contributed by atoms with Gasteiger partial charge in [0.25, 0.3) is 0 Å². The van der Waals surface area contributed by atoms with Crippen molar-refractivity contribution < 1.29 is 9.13 Å². The molecule has 4 heteroatoms. The van der Waals surface area contributed by atoms with Gasteiger partial charge < -0.3 is 14.5 Å². The fourth-order valence-corrected chi connectivity index (χ4v) is 3.36. The zero-order chi connectivity index (χ0) is 18.0. The van der Waals surface area contributed by atoms with Crippen LogP contribution in [0.25, 0.3) is 0 Å². The van der Waals surface area contributed by atoms with E-state index in [1.54, 1.807) is 0 Å². The van der Waals surface area contributed by atoms with Gasteiger partial charge in [0, 0.05) is 39.3 Å². The smallest absolute Gasteiger partial charge is 0.123 e. The Labute approximate surface area is 156 Å². The average Bonchev–Trinajstić information content (AvgIpc) is 2.71. The molecule has 0 amide bonds. The van der Waals surface area contributed by atoms with Gasteiger partial charge in [-0.1, -0.05) is 42.5 Å². The molecule has 0 N–H and O–H groups in total. The third-order valence-electron chi connectivity index (χ3n) is 5.01. The molecule has 3 nitrogen and oxygen atoms in total. The second-order valence-corrected chi connectivity index (χ2v) is 6.85. The predicted octanol–water partition coefficient (Wildman–Crippen LogP) is 3.44. The summed E-state index contributed by atoms with van der Waals surface area (Å²) in [7, 11) is 0. The van der Waals surface area contributed by atoms with Crippen molar-refractivity contribution in [3.8, 4) is 5.75 Å². The lowest BCUT2D eigenvalue weighted by Gasteiger charge is -2.34. The molecule has 2 aromatic carbocycles. The van der Waals surface area contributed by atoms with Gasteiger partial charge in [0.15, 0.2) is 0 Å². The first kappa shape index (κ1) is 18.9. The van der Waals surface area contributed by atoms with Crippen molar-refractivity contribution in [1.82, 2.24) is 9.80 Å². The number of hydrogen-bond donors (Lipinski definition) is 0. The van der Waals surface area contributed by atoms with Gasteiger partial charge in [-0.3, -0.25) is 0 Å². The standard InChI is InChI=1S/C22H29FN2O/c23-12-19-26-22-8-6-21(7-9-22)11-14-25-17-15-24(16-18-25)13-10-20-4-2-1-3-5-20/h1-9H,10-19H2. The van der Waals surface area contributed by atoms with Gasteiger partial charge in [-0.15, -0.1) is 0 Å². The van der Waals surface area contributed by atoms with Crippen molar-refractivity contribution in [2.24, 2.45) is 0 Å². The number of nitrogens with zero attached hydrogens (tertiary/aromatic N) is 2. The molecule has 1 aliphatic heterocycles. The average molecular weight is 356 g/mol. The van der Waals surface area contributed by atoms with Gasteiger partial charge in [-0.2, -0.15) is 0 Å². The Morgan fingerprint density at radius 3 is 1.81 bits per heavy atom. The summed E-state index contributed by atoms with van der Waals surface area (Å²) in [5, 5.41) is 0. The van der Waals surface area contributed by atoms with Gasteiger partial charge in [0.2, 0.25) is 0 Å². The monoisotopic (exact) mass is 356 g/mol. The lowest BCUT2D eigenvalue weighted by molar-refractivity contribution is 0.134. The summed E-state index contributed by atoms with van der Waals surface area (Å²) in [6, 6.07) is 18.8. The fourth-order valence-electron chi connectivity index (χ4n) is 3.36. The van der Waals surface area contributed by atoms with Crippen LogP contribution in [-0.4, -0.2) is 62.3 Å². The molecule has 140 valence electrons. The minimum Gasteiger partial charge on any atom is -0.491 e. The van der Waals surface area contributed by atoms with Crippen molar-refractivity contribution in [2.45, 2.75) is 12.8 Å².